The normalized spacial score (nSPS) is 10.1. The fourth-order valence-electron chi connectivity index (χ4n) is 1.57. The second-order valence-corrected chi connectivity index (χ2v) is 4.50. The molecule has 0 spiro atoms. The highest BCUT2D eigenvalue weighted by Crippen LogP contribution is 2.28. The van der Waals surface area contributed by atoms with E-state index in [0.717, 1.165) is 11.1 Å². The molecule has 2 nitrogen and oxygen atoms in total. The molecule has 0 saturated carbocycles. The first-order valence-electron chi connectivity index (χ1n) is 5.17. The molecule has 18 heavy (non-hydrogen) atoms. The lowest BCUT2D eigenvalue weighted by Crippen LogP contribution is -1.98. The third-order valence-electron chi connectivity index (χ3n) is 2.53. The maximum atomic E-state index is 11.2. The number of carbonyl (C=O) groups is 2. The Balaban J connectivity index is 2.37. The Kier molecular flexibility index (Phi) is 3.80. The Morgan fingerprint density at radius 3 is 2.06 bits per heavy atom. The van der Waals surface area contributed by atoms with Crippen molar-refractivity contribution in [3.63, 3.8) is 0 Å². The van der Waals surface area contributed by atoms with E-state index in [1.165, 1.54) is 0 Å². The summed E-state index contributed by atoms with van der Waals surface area (Å²) in [6, 6.07) is 12.0. The molecule has 0 radical (unpaired) electrons. The van der Waals surface area contributed by atoms with E-state index >= 15 is 0 Å². The molecule has 0 fully saturated rings. The molecule has 0 saturated heterocycles. The minimum Gasteiger partial charge on any atom is -0.294 e. The summed E-state index contributed by atoms with van der Waals surface area (Å²) in [5.74, 6) is -0.532. The summed E-state index contributed by atoms with van der Waals surface area (Å²) >= 11 is 11.8. The van der Waals surface area contributed by atoms with Gasteiger partial charge >= 0.3 is 0 Å². The molecule has 0 aliphatic rings. The summed E-state index contributed by atoms with van der Waals surface area (Å²) < 4.78 is 0. The number of halogens is 2. The van der Waals surface area contributed by atoms with Gasteiger partial charge in [0, 0.05) is 5.56 Å². The van der Waals surface area contributed by atoms with Gasteiger partial charge in [0.1, 0.15) is 0 Å². The first kappa shape index (κ1) is 12.8. The van der Waals surface area contributed by atoms with Crippen LogP contribution in [0.3, 0.4) is 0 Å². The molecule has 0 aliphatic carbocycles. The summed E-state index contributed by atoms with van der Waals surface area (Å²) in [6.45, 7) is 0. The third kappa shape index (κ3) is 2.61. The van der Waals surface area contributed by atoms with Gasteiger partial charge in [0.05, 0.1) is 10.0 Å². The topological polar surface area (TPSA) is 34.1 Å². The van der Waals surface area contributed by atoms with Crippen LogP contribution >= 0.6 is 23.2 Å². The number of Topliss-reactive ketones (excluding diaryl/α,β-unsaturated/α-hetero) is 1. The molecule has 0 atom stereocenters. The standard InChI is InChI=1S/C14H8Cl2O2/c15-12-6-5-11(7-13(12)16)9-1-3-10(4-2-9)14(18)8-17/h1-8H. The van der Waals surface area contributed by atoms with E-state index in [4.69, 9.17) is 23.2 Å². The van der Waals surface area contributed by atoms with Crippen LogP contribution in [0.1, 0.15) is 10.4 Å². The van der Waals surface area contributed by atoms with Crippen molar-refractivity contribution >= 4 is 35.3 Å². The average molecular weight is 279 g/mol. The second-order valence-electron chi connectivity index (χ2n) is 3.69. The average Bonchev–Trinajstić information content (AvgIpc) is 2.41. The minimum absolute atomic E-state index is 0.300. The van der Waals surface area contributed by atoms with Gasteiger partial charge in [-0.3, -0.25) is 9.59 Å². The van der Waals surface area contributed by atoms with Crippen molar-refractivity contribution < 1.29 is 9.59 Å². The Bertz CT molecular complexity index is 604. The van der Waals surface area contributed by atoms with Gasteiger partial charge in [-0.1, -0.05) is 53.5 Å². The molecule has 0 aromatic heterocycles. The van der Waals surface area contributed by atoms with Crippen LogP contribution in [0.5, 0.6) is 0 Å². The van der Waals surface area contributed by atoms with Crippen LogP contribution in [0.15, 0.2) is 42.5 Å². The molecular formula is C14H8Cl2O2. The monoisotopic (exact) mass is 278 g/mol. The summed E-state index contributed by atoms with van der Waals surface area (Å²) in [5, 5.41) is 0.968. The van der Waals surface area contributed by atoms with Crippen LogP contribution in [0, 0.1) is 0 Å². The van der Waals surface area contributed by atoms with Crippen molar-refractivity contribution in [3.8, 4) is 11.1 Å². The lowest BCUT2D eigenvalue weighted by atomic mass is 10.0. The Labute approximate surface area is 114 Å². The van der Waals surface area contributed by atoms with Crippen molar-refractivity contribution in [2.45, 2.75) is 0 Å². The second kappa shape index (κ2) is 5.34. The van der Waals surface area contributed by atoms with Gasteiger partial charge in [-0.2, -0.15) is 0 Å². The molecule has 0 unspecified atom stereocenters. The molecule has 2 rings (SSSR count). The molecule has 0 aliphatic heterocycles. The van der Waals surface area contributed by atoms with E-state index in [1.807, 2.05) is 6.07 Å². The highest BCUT2D eigenvalue weighted by molar-refractivity contribution is 6.42. The Hall–Kier alpha value is -1.64. The van der Waals surface area contributed by atoms with Crippen LogP contribution in [0.2, 0.25) is 10.0 Å². The summed E-state index contributed by atoms with van der Waals surface area (Å²) in [7, 11) is 0. The number of aldehydes is 1. The van der Waals surface area contributed by atoms with Crippen molar-refractivity contribution in [2.75, 3.05) is 0 Å². The highest BCUT2D eigenvalue weighted by atomic mass is 35.5. The van der Waals surface area contributed by atoms with Crippen molar-refractivity contribution in [1.29, 1.82) is 0 Å². The van der Waals surface area contributed by atoms with Crippen LogP contribution in [0.25, 0.3) is 11.1 Å². The van der Waals surface area contributed by atoms with E-state index in [-0.39, 0.29) is 0 Å². The number of benzene rings is 2. The maximum absolute atomic E-state index is 11.2. The molecule has 0 amide bonds. The number of rotatable bonds is 3. The number of hydrogen-bond donors (Lipinski definition) is 0. The Morgan fingerprint density at radius 1 is 0.889 bits per heavy atom. The van der Waals surface area contributed by atoms with Gasteiger partial charge in [0.15, 0.2) is 6.29 Å². The summed E-state index contributed by atoms with van der Waals surface area (Å²) in [5.41, 5.74) is 2.17. The SMILES string of the molecule is O=CC(=O)c1ccc(-c2ccc(Cl)c(Cl)c2)cc1. The summed E-state index contributed by atoms with van der Waals surface area (Å²) in [6.07, 6.45) is 0.300. The lowest BCUT2D eigenvalue weighted by Gasteiger charge is -2.04. The smallest absolute Gasteiger partial charge is 0.225 e. The van der Waals surface area contributed by atoms with Crippen LogP contribution in [0.4, 0.5) is 0 Å². The molecule has 0 bridgehead atoms. The third-order valence-corrected chi connectivity index (χ3v) is 3.27. The molecule has 0 N–H and O–H groups in total. The highest BCUT2D eigenvalue weighted by Gasteiger charge is 2.05. The molecule has 2 aromatic carbocycles. The molecule has 0 heterocycles. The molecule has 90 valence electrons. The zero-order chi connectivity index (χ0) is 13.1. The van der Waals surface area contributed by atoms with Crippen molar-refractivity contribution in [1.82, 2.24) is 0 Å². The fourth-order valence-corrected chi connectivity index (χ4v) is 1.87. The zero-order valence-corrected chi connectivity index (χ0v) is 10.7. The van der Waals surface area contributed by atoms with Gasteiger partial charge in [-0.15, -0.1) is 0 Å². The minimum atomic E-state index is -0.532. The zero-order valence-electron chi connectivity index (χ0n) is 9.19. The van der Waals surface area contributed by atoms with E-state index in [9.17, 15) is 9.59 Å². The van der Waals surface area contributed by atoms with E-state index in [1.54, 1.807) is 36.4 Å². The predicted octanol–water partition coefficient (Wildman–Crippen LogP) is 4.04. The molecule has 2 aromatic rings. The van der Waals surface area contributed by atoms with E-state index < -0.39 is 5.78 Å². The van der Waals surface area contributed by atoms with Gasteiger partial charge in [-0.05, 0) is 23.3 Å². The van der Waals surface area contributed by atoms with Gasteiger partial charge in [0.2, 0.25) is 5.78 Å². The van der Waals surface area contributed by atoms with Crippen molar-refractivity contribution in [2.24, 2.45) is 0 Å². The molecule has 4 heteroatoms. The van der Waals surface area contributed by atoms with Crippen LogP contribution < -0.4 is 0 Å². The quantitative estimate of drug-likeness (QED) is 0.482. The van der Waals surface area contributed by atoms with Gasteiger partial charge in [0.25, 0.3) is 0 Å². The van der Waals surface area contributed by atoms with E-state index in [2.05, 4.69) is 0 Å². The lowest BCUT2D eigenvalue weighted by molar-refractivity contribution is -0.104. The number of hydrogen-bond acceptors (Lipinski definition) is 2. The van der Waals surface area contributed by atoms with Crippen LogP contribution in [-0.2, 0) is 4.79 Å². The van der Waals surface area contributed by atoms with Gasteiger partial charge in [-0.25, -0.2) is 0 Å². The van der Waals surface area contributed by atoms with E-state index in [0.29, 0.717) is 21.9 Å². The first-order chi connectivity index (χ1) is 8.61. The summed E-state index contributed by atoms with van der Waals surface area (Å²) in [4.78, 5) is 21.5. The van der Waals surface area contributed by atoms with Crippen LogP contribution in [-0.4, -0.2) is 12.1 Å². The van der Waals surface area contributed by atoms with Crippen molar-refractivity contribution in [3.05, 3.63) is 58.1 Å². The fraction of sp³-hybridized carbons (Fsp3) is 0. The Morgan fingerprint density at radius 2 is 1.50 bits per heavy atom. The maximum Gasteiger partial charge on any atom is 0.225 e. The number of carbonyl (C=O) groups excluding carboxylic acids is 2. The predicted molar refractivity (Wildman–Crippen MR) is 72.3 cm³/mol. The number of ketones is 1. The van der Waals surface area contributed by atoms with Gasteiger partial charge < -0.3 is 0 Å². The molecular weight excluding hydrogens is 271 g/mol. The first-order valence-corrected chi connectivity index (χ1v) is 5.92. The largest absolute Gasteiger partial charge is 0.294 e.